The van der Waals surface area contributed by atoms with E-state index in [0.717, 1.165) is 7.14 Å². The molecular weight excluding hydrogens is 452 g/mol. The summed E-state index contributed by atoms with van der Waals surface area (Å²) in [5.74, 6) is -1.32. The predicted molar refractivity (Wildman–Crippen MR) is 79.2 cm³/mol. The number of hydrogen-bond acceptors (Lipinski definition) is 4. The van der Waals surface area contributed by atoms with Crippen LogP contribution in [-0.2, 0) is 16.1 Å². The summed E-state index contributed by atoms with van der Waals surface area (Å²) in [6.07, 6.45) is -5.03. The summed E-state index contributed by atoms with van der Waals surface area (Å²) in [5, 5.41) is 0. The SMILES string of the molecule is COc1cc(COC(=O)C(F)(F)F)c([I+]c2ccccc2)c(OC)c1. The van der Waals surface area contributed by atoms with Gasteiger partial charge in [-0.25, -0.2) is 4.79 Å². The molecule has 0 aliphatic heterocycles. The fourth-order valence-electron chi connectivity index (χ4n) is 1.92. The number of ether oxygens (including phenoxy) is 3. The number of benzene rings is 2. The van der Waals surface area contributed by atoms with Gasteiger partial charge in [-0.2, -0.15) is 13.2 Å². The van der Waals surface area contributed by atoms with Gasteiger partial charge in [-0.05, 0) is 18.2 Å². The summed E-state index contributed by atoms with van der Waals surface area (Å²) < 4.78 is 53.8. The highest BCUT2D eigenvalue weighted by Crippen LogP contribution is 2.24. The van der Waals surface area contributed by atoms with Crippen molar-refractivity contribution in [3.8, 4) is 11.5 Å². The third-order valence-electron chi connectivity index (χ3n) is 3.07. The highest BCUT2D eigenvalue weighted by Gasteiger charge is 2.41. The fourth-order valence-corrected chi connectivity index (χ4v) is 4.62. The summed E-state index contributed by atoms with van der Waals surface area (Å²) >= 11 is -0.753. The number of methoxy groups -OCH3 is 2. The van der Waals surface area contributed by atoms with Gasteiger partial charge < -0.3 is 14.2 Å². The summed E-state index contributed by atoms with van der Waals surface area (Å²) in [5.41, 5.74) is 0.436. The quantitative estimate of drug-likeness (QED) is 0.457. The minimum absolute atomic E-state index is 0.413. The van der Waals surface area contributed by atoms with E-state index in [1.54, 1.807) is 12.1 Å². The summed E-state index contributed by atoms with van der Waals surface area (Å²) in [6.45, 7) is -0.506. The first-order valence-corrected chi connectivity index (χ1v) is 9.19. The van der Waals surface area contributed by atoms with Gasteiger partial charge in [-0.15, -0.1) is 0 Å². The van der Waals surface area contributed by atoms with Crippen molar-refractivity contribution in [3.05, 3.63) is 55.2 Å². The number of carbonyl (C=O) groups excluding carboxylic acids is 1. The molecule has 134 valence electrons. The maximum atomic E-state index is 12.4. The summed E-state index contributed by atoms with van der Waals surface area (Å²) in [6, 6.07) is 12.7. The van der Waals surface area contributed by atoms with E-state index in [1.165, 1.54) is 14.2 Å². The molecule has 0 bridgehead atoms. The van der Waals surface area contributed by atoms with Crippen LogP contribution in [0.15, 0.2) is 42.5 Å². The molecular formula is C17H15F3IO4+. The Morgan fingerprint density at radius 3 is 2.32 bits per heavy atom. The van der Waals surface area contributed by atoms with Gasteiger partial charge in [0.25, 0.3) is 0 Å². The van der Waals surface area contributed by atoms with Crippen LogP contribution < -0.4 is 30.7 Å². The maximum Gasteiger partial charge on any atom is 0.490 e. The van der Waals surface area contributed by atoms with Gasteiger partial charge in [0.15, 0.2) is 9.32 Å². The van der Waals surface area contributed by atoms with Crippen LogP contribution in [0.5, 0.6) is 11.5 Å². The average molecular weight is 467 g/mol. The van der Waals surface area contributed by atoms with Crippen molar-refractivity contribution >= 4 is 5.97 Å². The maximum absolute atomic E-state index is 12.4. The van der Waals surface area contributed by atoms with E-state index in [-0.39, 0.29) is 0 Å². The predicted octanol–water partition coefficient (Wildman–Crippen LogP) is 0.438. The molecule has 0 spiro atoms. The van der Waals surface area contributed by atoms with Crippen LogP contribution in [-0.4, -0.2) is 26.4 Å². The highest BCUT2D eigenvalue weighted by molar-refractivity contribution is 5.75. The molecule has 2 aromatic rings. The second-order valence-corrected chi connectivity index (χ2v) is 7.63. The number of hydrogen-bond donors (Lipinski definition) is 0. The highest BCUT2D eigenvalue weighted by atomic mass is 127. The Balaban J connectivity index is 2.36. The van der Waals surface area contributed by atoms with Gasteiger partial charge in [0.2, 0.25) is 3.57 Å². The minimum atomic E-state index is -5.03. The molecule has 8 heteroatoms. The molecule has 2 aromatic carbocycles. The Morgan fingerprint density at radius 2 is 1.76 bits per heavy atom. The normalized spacial score (nSPS) is 11.1. The van der Waals surface area contributed by atoms with Crippen LogP contribution in [0.25, 0.3) is 0 Å². The third kappa shape index (κ3) is 5.25. The summed E-state index contributed by atoms with van der Waals surface area (Å²) in [4.78, 5) is 11.0. The molecule has 0 atom stereocenters. The number of rotatable bonds is 6. The molecule has 0 radical (unpaired) electrons. The van der Waals surface area contributed by atoms with E-state index in [2.05, 4.69) is 4.74 Å². The number of esters is 1. The smallest absolute Gasteiger partial charge is 0.490 e. The molecule has 0 aliphatic carbocycles. The van der Waals surface area contributed by atoms with E-state index in [1.807, 2.05) is 30.3 Å². The first-order valence-electron chi connectivity index (χ1n) is 7.04. The van der Waals surface area contributed by atoms with Gasteiger partial charge in [0, 0.05) is 6.07 Å². The van der Waals surface area contributed by atoms with Crippen molar-refractivity contribution in [1.82, 2.24) is 0 Å². The van der Waals surface area contributed by atoms with Gasteiger partial charge in [0.1, 0.15) is 12.4 Å². The fraction of sp³-hybridized carbons (Fsp3) is 0.235. The lowest BCUT2D eigenvalue weighted by Crippen LogP contribution is -3.61. The Hall–Kier alpha value is -1.97. The molecule has 0 saturated heterocycles. The Bertz CT molecular complexity index is 733. The molecule has 0 fully saturated rings. The lowest BCUT2D eigenvalue weighted by atomic mass is 10.2. The van der Waals surface area contributed by atoms with Gasteiger partial charge in [0.05, 0.1) is 19.8 Å². The zero-order valence-corrected chi connectivity index (χ0v) is 15.6. The second kappa shape index (κ2) is 8.41. The van der Waals surface area contributed by atoms with Gasteiger partial charge >= 0.3 is 33.4 Å². The van der Waals surface area contributed by atoms with E-state index < -0.39 is 40.0 Å². The standard InChI is InChI=1S/C17H15F3IO4/c1-23-13-8-11(10-25-16(22)17(18,19)20)15(14(9-13)24-2)21-12-6-4-3-5-7-12/h3-9H,10H2,1-2H3/q+1. The number of halogens is 4. The third-order valence-corrected chi connectivity index (χ3v) is 6.18. The molecule has 0 aromatic heterocycles. The van der Waals surface area contributed by atoms with Crippen molar-refractivity contribution in [1.29, 1.82) is 0 Å². The molecule has 0 aliphatic rings. The Kier molecular flexibility index (Phi) is 6.51. The lowest BCUT2D eigenvalue weighted by molar-refractivity contribution is -0.599. The molecule has 2 rings (SSSR count). The largest absolute Gasteiger partial charge is 0.497 e. The van der Waals surface area contributed by atoms with Crippen LogP contribution in [0, 0.1) is 7.14 Å². The van der Waals surface area contributed by atoms with E-state index in [0.29, 0.717) is 17.1 Å². The first-order chi connectivity index (χ1) is 11.8. The zero-order valence-electron chi connectivity index (χ0n) is 13.4. The van der Waals surface area contributed by atoms with Crippen LogP contribution >= 0.6 is 0 Å². The van der Waals surface area contributed by atoms with Crippen LogP contribution in [0.1, 0.15) is 5.56 Å². The van der Waals surface area contributed by atoms with Gasteiger partial charge in [-0.1, -0.05) is 18.2 Å². The molecule has 0 unspecified atom stereocenters. The van der Waals surface area contributed by atoms with Crippen molar-refractivity contribution in [2.75, 3.05) is 14.2 Å². The lowest BCUT2D eigenvalue weighted by Gasteiger charge is -2.11. The average Bonchev–Trinajstić information content (AvgIpc) is 2.60. The molecule has 0 N–H and O–H groups in total. The van der Waals surface area contributed by atoms with Crippen molar-refractivity contribution in [2.24, 2.45) is 0 Å². The summed E-state index contributed by atoms with van der Waals surface area (Å²) in [7, 11) is 2.91. The Morgan fingerprint density at radius 1 is 1.08 bits per heavy atom. The molecule has 4 nitrogen and oxygen atoms in total. The molecule has 0 saturated carbocycles. The first kappa shape index (κ1) is 19.4. The van der Waals surface area contributed by atoms with Crippen molar-refractivity contribution in [3.63, 3.8) is 0 Å². The molecule has 25 heavy (non-hydrogen) atoms. The van der Waals surface area contributed by atoms with Crippen LogP contribution in [0.3, 0.4) is 0 Å². The van der Waals surface area contributed by atoms with E-state index >= 15 is 0 Å². The van der Waals surface area contributed by atoms with Crippen molar-refractivity contribution < 1.29 is 53.4 Å². The van der Waals surface area contributed by atoms with Gasteiger partial charge in [-0.3, -0.25) is 0 Å². The topological polar surface area (TPSA) is 44.8 Å². The number of carbonyl (C=O) groups is 1. The zero-order chi connectivity index (χ0) is 18.4. The second-order valence-electron chi connectivity index (χ2n) is 4.77. The molecule has 0 heterocycles. The monoisotopic (exact) mass is 467 g/mol. The van der Waals surface area contributed by atoms with Crippen molar-refractivity contribution in [2.45, 2.75) is 12.8 Å². The molecule has 0 amide bonds. The van der Waals surface area contributed by atoms with E-state index in [4.69, 9.17) is 9.47 Å². The minimum Gasteiger partial charge on any atom is -0.497 e. The Labute approximate surface area is 153 Å². The van der Waals surface area contributed by atoms with Crippen LogP contribution in [0.2, 0.25) is 0 Å². The van der Waals surface area contributed by atoms with Crippen LogP contribution in [0.4, 0.5) is 13.2 Å². The number of alkyl halides is 3. The van der Waals surface area contributed by atoms with E-state index in [9.17, 15) is 18.0 Å².